The average molecular weight is 331 g/mol. The normalized spacial score (nSPS) is 12.0. The molecule has 20 heavy (non-hydrogen) atoms. The van der Waals surface area contributed by atoms with Gasteiger partial charge in [-0.2, -0.15) is 4.31 Å². The molecule has 1 aromatic carbocycles. The summed E-state index contributed by atoms with van der Waals surface area (Å²) < 4.78 is 26.4. The topological polar surface area (TPSA) is 63.4 Å². The number of halogens is 1. The van der Waals surface area contributed by atoms with Gasteiger partial charge in [0, 0.05) is 25.2 Å². The Balaban J connectivity index is 2.18. The first kappa shape index (κ1) is 15.5. The van der Waals surface area contributed by atoms with Crippen molar-refractivity contribution >= 4 is 33.0 Å². The van der Waals surface area contributed by atoms with Gasteiger partial charge in [0.05, 0.1) is 0 Å². The molecule has 0 saturated carbocycles. The van der Waals surface area contributed by atoms with Crippen LogP contribution >= 0.6 is 22.9 Å². The lowest BCUT2D eigenvalue weighted by Crippen LogP contribution is -2.25. The van der Waals surface area contributed by atoms with Crippen molar-refractivity contribution < 1.29 is 8.42 Å². The molecule has 0 radical (unpaired) electrons. The van der Waals surface area contributed by atoms with Gasteiger partial charge in [0.2, 0.25) is 0 Å². The molecule has 0 aliphatic rings. The van der Waals surface area contributed by atoms with Crippen LogP contribution in [-0.2, 0) is 23.1 Å². The molecule has 2 aromatic rings. The fourth-order valence-electron chi connectivity index (χ4n) is 1.68. The summed E-state index contributed by atoms with van der Waals surface area (Å²) in [7, 11) is -1.91. The molecule has 0 saturated heterocycles. The predicted octanol–water partition coefficient (Wildman–Crippen LogP) is 2.68. The van der Waals surface area contributed by atoms with Crippen LogP contribution in [-0.4, -0.2) is 19.8 Å². The molecule has 1 heterocycles. The molecule has 0 amide bonds. The largest absolute Gasteiger partial charge is 0.326 e. The lowest BCUT2D eigenvalue weighted by Gasteiger charge is -2.16. The van der Waals surface area contributed by atoms with Crippen LogP contribution in [0.2, 0.25) is 5.02 Å². The quantitative estimate of drug-likeness (QED) is 0.916. The van der Waals surface area contributed by atoms with Crippen LogP contribution in [0, 0.1) is 0 Å². The Bertz CT molecular complexity index is 681. The number of sulfonamides is 1. The Morgan fingerprint density at radius 2 is 1.90 bits per heavy atom. The molecule has 1 aromatic heterocycles. The summed E-state index contributed by atoms with van der Waals surface area (Å²) in [6.45, 7) is 0.641. The number of nitrogens with zero attached hydrogens (tertiary/aromatic N) is 1. The summed E-state index contributed by atoms with van der Waals surface area (Å²) in [4.78, 5) is 0. The van der Waals surface area contributed by atoms with Crippen molar-refractivity contribution in [2.75, 3.05) is 7.05 Å². The van der Waals surface area contributed by atoms with Gasteiger partial charge in [-0.3, -0.25) is 0 Å². The monoisotopic (exact) mass is 330 g/mol. The van der Waals surface area contributed by atoms with Crippen LogP contribution in [0.3, 0.4) is 0 Å². The van der Waals surface area contributed by atoms with E-state index in [1.165, 1.54) is 15.6 Å². The summed E-state index contributed by atoms with van der Waals surface area (Å²) in [5.74, 6) is 0. The van der Waals surface area contributed by atoms with E-state index in [0.29, 0.717) is 22.3 Å². The highest BCUT2D eigenvalue weighted by Gasteiger charge is 2.22. The molecule has 0 aliphatic heterocycles. The molecule has 0 unspecified atom stereocenters. The van der Waals surface area contributed by atoms with Crippen LogP contribution < -0.4 is 5.73 Å². The van der Waals surface area contributed by atoms with Crippen molar-refractivity contribution in [3.8, 4) is 0 Å². The number of nitrogens with two attached hydrogens (primary N) is 1. The molecule has 0 aliphatic carbocycles. The molecule has 0 spiro atoms. The number of hydrogen-bond acceptors (Lipinski definition) is 4. The maximum absolute atomic E-state index is 12.4. The van der Waals surface area contributed by atoms with Crippen LogP contribution in [0.5, 0.6) is 0 Å². The second-order valence-electron chi connectivity index (χ2n) is 4.37. The maximum atomic E-state index is 12.4. The Hall–Kier alpha value is -0.920. The van der Waals surface area contributed by atoms with Gasteiger partial charge in [-0.25, -0.2) is 8.42 Å². The van der Waals surface area contributed by atoms with E-state index in [2.05, 4.69) is 0 Å². The van der Waals surface area contributed by atoms with Crippen molar-refractivity contribution in [2.45, 2.75) is 17.3 Å². The third-order valence-corrected chi connectivity index (χ3v) is 6.37. The Kier molecular flexibility index (Phi) is 4.82. The van der Waals surface area contributed by atoms with E-state index in [1.807, 2.05) is 12.1 Å². The fraction of sp³-hybridized carbons (Fsp3) is 0.231. The molecule has 108 valence electrons. The first-order valence-corrected chi connectivity index (χ1v) is 8.61. The second kappa shape index (κ2) is 6.24. The molecule has 2 rings (SSSR count). The van der Waals surface area contributed by atoms with Crippen LogP contribution in [0.4, 0.5) is 0 Å². The third-order valence-electron chi connectivity index (χ3n) is 2.85. The summed E-state index contributed by atoms with van der Waals surface area (Å²) in [5, 5.41) is 2.40. The minimum atomic E-state index is -3.47. The van der Waals surface area contributed by atoms with Gasteiger partial charge in [0.25, 0.3) is 10.0 Å². The minimum absolute atomic E-state index is 0.301. The van der Waals surface area contributed by atoms with Gasteiger partial charge >= 0.3 is 0 Å². The molecule has 4 nitrogen and oxygen atoms in total. The van der Waals surface area contributed by atoms with E-state index in [1.54, 1.807) is 30.6 Å². The van der Waals surface area contributed by atoms with Crippen LogP contribution in [0.25, 0.3) is 0 Å². The first-order valence-electron chi connectivity index (χ1n) is 5.92. The summed E-state index contributed by atoms with van der Waals surface area (Å²) in [6, 6.07) is 8.74. The zero-order valence-electron chi connectivity index (χ0n) is 10.9. The van der Waals surface area contributed by atoms with E-state index in [-0.39, 0.29) is 0 Å². The van der Waals surface area contributed by atoms with Gasteiger partial charge in [-0.15, -0.1) is 11.3 Å². The number of thiophene rings is 1. The highest BCUT2D eigenvalue weighted by Crippen LogP contribution is 2.24. The van der Waals surface area contributed by atoms with Crippen molar-refractivity contribution in [1.82, 2.24) is 4.31 Å². The molecule has 0 fully saturated rings. The summed E-state index contributed by atoms with van der Waals surface area (Å²) in [5.41, 5.74) is 7.22. The Morgan fingerprint density at radius 3 is 2.45 bits per heavy atom. The molecule has 2 N–H and O–H groups in total. The second-order valence-corrected chi connectivity index (χ2v) is 7.99. The van der Waals surface area contributed by atoms with Crippen LogP contribution in [0.15, 0.2) is 39.9 Å². The standard InChI is InChI=1S/C13H15ClN2O2S2/c1-16(8-10-2-4-12(14)5-3-10)20(17,18)13-6-11(7-15)9-19-13/h2-6,9H,7-8,15H2,1H3. The number of benzene rings is 1. The van der Waals surface area contributed by atoms with E-state index in [0.717, 1.165) is 11.1 Å². The van der Waals surface area contributed by atoms with Gasteiger partial charge < -0.3 is 5.73 Å². The van der Waals surface area contributed by atoms with Gasteiger partial charge in [0.15, 0.2) is 0 Å². The Labute approximate surface area is 127 Å². The van der Waals surface area contributed by atoms with Crippen molar-refractivity contribution in [2.24, 2.45) is 5.73 Å². The molecule has 0 bridgehead atoms. The summed E-state index contributed by atoms with van der Waals surface area (Å²) in [6.07, 6.45) is 0. The van der Waals surface area contributed by atoms with Crippen LogP contribution in [0.1, 0.15) is 11.1 Å². The number of hydrogen-bond donors (Lipinski definition) is 1. The van der Waals surface area contributed by atoms with Gasteiger partial charge in [-0.1, -0.05) is 23.7 Å². The summed E-state index contributed by atoms with van der Waals surface area (Å²) >= 11 is 7.00. The van der Waals surface area contributed by atoms with E-state index in [4.69, 9.17) is 17.3 Å². The van der Waals surface area contributed by atoms with Crippen molar-refractivity contribution in [3.63, 3.8) is 0 Å². The first-order chi connectivity index (χ1) is 9.43. The van der Waals surface area contributed by atoms with Crippen molar-refractivity contribution in [3.05, 3.63) is 51.9 Å². The number of rotatable bonds is 5. The van der Waals surface area contributed by atoms with Gasteiger partial charge in [0.1, 0.15) is 4.21 Å². The fourth-order valence-corrected chi connectivity index (χ4v) is 4.40. The average Bonchev–Trinajstić information content (AvgIpc) is 2.90. The van der Waals surface area contributed by atoms with E-state index >= 15 is 0 Å². The SMILES string of the molecule is CN(Cc1ccc(Cl)cc1)S(=O)(=O)c1cc(CN)cs1. The van der Waals surface area contributed by atoms with E-state index < -0.39 is 10.0 Å². The molecular weight excluding hydrogens is 316 g/mol. The Morgan fingerprint density at radius 1 is 1.25 bits per heavy atom. The lowest BCUT2D eigenvalue weighted by atomic mass is 10.2. The maximum Gasteiger partial charge on any atom is 0.252 e. The third kappa shape index (κ3) is 3.39. The van der Waals surface area contributed by atoms with Crippen molar-refractivity contribution in [1.29, 1.82) is 0 Å². The molecule has 0 atom stereocenters. The van der Waals surface area contributed by atoms with Gasteiger partial charge in [-0.05, 0) is 34.7 Å². The zero-order valence-corrected chi connectivity index (χ0v) is 13.3. The van der Waals surface area contributed by atoms with E-state index in [9.17, 15) is 8.42 Å². The predicted molar refractivity (Wildman–Crippen MR) is 82.3 cm³/mol. The lowest BCUT2D eigenvalue weighted by molar-refractivity contribution is 0.468. The highest BCUT2D eigenvalue weighted by atomic mass is 35.5. The smallest absolute Gasteiger partial charge is 0.252 e. The zero-order chi connectivity index (χ0) is 14.8. The minimum Gasteiger partial charge on any atom is -0.326 e. The molecule has 7 heteroatoms. The highest BCUT2D eigenvalue weighted by molar-refractivity contribution is 7.91. The molecular formula is C13H15ClN2O2S2.